The van der Waals surface area contributed by atoms with Crippen LogP contribution in [0.25, 0.3) is 0 Å². The van der Waals surface area contributed by atoms with Gasteiger partial charge >= 0.3 is 15.6 Å². The Kier molecular flexibility index (Phi) is 5.66. The fourth-order valence-electron chi connectivity index (χ4n) is 1.37. The zero-order chi connectivity index (χ0) is 17.8. The molecule has 126 valence electrons. The number of hydrogen-bond acceptors (Lipinski definition) is 4. The van der Waals surface area contributed by atoms with E-state index in [0.29, 0.717) is 0 Å². The average Bonchev–Trinajstić information content (AvgIpc) is 2.36. The second-order valence-corrected chi connectivity index (χ2v) is 6.33. The number of benzene rings is 1. The van der Waals surface area contributed by atoms with Gasteiger partial charge in [0.1, 0.15) is 5.75 Å². The van der Waals surface area contributed by atoms with Gasteiger partial charge < -0.3 is 9.50 Å². The van der Waals surface area contributed by atoms with E-state index >= 15 is 0 Å². The summed E-state index contributed by atoms with van der Waals surface area (Å²) < 4.78 is 63.0. The summed E-state index contributed by atoms with van der Waals surface area (Å²) in [5.74, 6) is 4.43. The number of nitrogens with one attached hydrogen (secondary N) is 1. The van der Waals surface area contributed by atoms with Crippen LogP contribution in [-0.2, 0) is 14.9 Å². The molecule has 0 aliphatic rings. The van der Waals surface area contributed by atoms with Crippen LogP contribution in [0.4, 0.5) is 18.9 Å². The molecule has 0 aliphatic carbocycles. The van der Waals surface area contributed by atoms with Crippen LogP contribution in [0.1, 0.15) is 26.3 Å². The molecule has 9 heteroatoms. The molecule has 1 N–H and O–H groups in total. The van der Waals surface area contributed by atoms with Crippen molar-refractivity contribution in [1.82, 2.24) is 0 Å². The highest BCUT2D eigenvalue weighted by molar-refractivity contribution is 7.88. The molecule has 0 saturated carbocycles. The van der Waals surface area contributed by atoms with Gasteiger partial charge in [-0.3, -0.25) is 4.79 Å². The van der Waals surface area contributed by atoms with Crippen LogP contribution < -0.4 is 9.50 Å². The molecule has 1 aromatic rings. The Balaban J connectivity index is 3.26. The number of carbonyl (C=O) groups excluding carboxylic acids is 1. The molecule has 23 heavy (non-hydrogen) atoms. The van der Waals surface area contributed by atoms with Crippen molar-refractivity contribution in [2.75, 3.05) is 5.32 Å². The Morgan fingerprint density at radius 3 is 2.39 bits per heavy atom. The average molecular weight is 349 g/mol. The first kappa shape index (κ1) is 18.8. The first-order valence-corrected chi connectivity index (χ1v) is 7.77. The second kappa shape index (κ2) is 6.91. The van der Waals surface area contributed by atoms with Crippen molar-refractivity contribution in [3.63, 3.8) is 0 Å². The van der Waals surface area contributed by atoms with Crippen molar-refractivity contribution in [1.29, 1.82) is 0 Å². The van der Waals surface area contributed by atoms with Gasteiger partial charge in [-0.2, -0.15) is 21.6 Å². The molecule has 1 aromatic carbocycles. The lowest BCUT2D eigenvalue weighted by molar-refractivity contribution is -0.114. The van der Waals surface area contributed by atoms with Gasteiger partial charge in [-0.25, -0.2) is 0 Å². The standard InChI is InChI=1S/C14H14F3NO4S/c1-9(2)4-5-11-8-12(6-7-13(11)18-10(3)19)22-23(20,21)14(15,16)17/h6-9H,1-3H3,(H,18,19). The third-order valence-electron chi connectivity index (χ3n) is 2.29. The van der Waals surface area contributed by atoms with Gasteiger partial charge in [-0.05, 0) is 18.2 Å². The highest BCUT2D eigenvalue weighted by Gasteiger charge is 2.48. The zero-order valence-electron chi connectivity index (χ0n) is 12.5. The number of anilines is 1. The second-order valence-electron chi connectivity index (χ2n) is 4.80. The SMILES string of the molecule is CC(=O)Nc1ccc(OS(=O)(=O)C(F)(F)F)cc1C#CC(C)C. The number of amides is 1. The van der Waals surface area contributed by atoms with Gasteiger partial charge in [-0.1, -0.05) is 25.7 Å². The van der Waals surface area contributed by atoms with Gasteiger partial charge in [-0.15, -0.1) is 0 Å². The van der Waals surface area contributed by atoms with E-state index in [0.717, 1.165) is 12.1 Å². The lowest BCUT2D eigenvalue weighted by Crippen LogP contribution is -2.28. The van der Waals surface area contributed by atoms with Crippen LogP contribution in [-0.4, -0.2) is 19.8 Å². The van der Waals surface area contributed by atoms with Crippen molar-refractivity contribution in [3.05, 3.63) is 23.8 Å². The van der Waals surface area contributed by atoms with E-state index in [9.17, 15) is 26.4 Å². The summed E-state index contributed by atoms with van der Waals surface area (Å²) in [6.07, 6.45) is 0. The Bertz CT molecular complexity index is 758. The van der Waals surface area contributed by atoms with Crippen LogP contribution in [0, 0.1) is 17.8 Å². The predicted octanol–water partition coefficient (Wildman–Crippen LogP) is 2.88. The van der Waals surface area contributed by atoms with E-state index in [4.69, 9.17) is 0 Å². The normalized spacial score (nSPS) is 11.6. The first-order valence-electron chi connectivity index (χ1n) is 6.36. The molecule has 0 atom stereocenters. The smallest absolute Gasteiger partial charge is 0.376 e. The van der Waals surface area contributed by atoms with Crippen molar-refractivity contribution in [3.8, 4) is 17.6 Å². The van der Waals surface area contributed by atoms with Crippen molar-refractivity contribution >= 4 is 21.7 Å². The molecule has 0 fully saturated rings. The van der Waals surface area contributed by atoms with Crippen LogP contribution in [0.3, 0.4) is 0 Å². The molecule has 0 bridgehead atoms. The summed E-state index contributed by atoms with van der Waals surface area (Å²) in [5, 5.41) is 2.45. The minimum atomic E-state index is -5.77. The molecule has 0 heterocycles. The Morgan fingerprint density at radius 2 is 1.91 bits per heavy atom. The van der Waals surface area contributed by atoms with Gasteiger partial charge in [0.2, 0.25) is 5.91 Å². The van der Waals surface area contributed by atoms with Crippen LogP contribution >= 0.6 is 0 Å². The van der Waals surface area contributed by atoms with Crippen molar-refractivity contribution in [2.45, 2.75) is 26.3 Å². The molecular weight excluding hydrogens is 335 g/mol. The molecule has 0 unspecified atom stereocenters. The minimum Gasteiger partial charge on any atom is -0.376 e. The Labute approximate surface area is 132 Å². The summed E-state index contributed by atoms with van der Waals surface area (Å²) >= 11 is 0. The van der Waals surface area contributed by atoms with E-state index in [1.807, 2.05) is 0 Å². The fourth-order valence-corrected chi connectivity index (χ4v) is 1.82. The Hall–Kier alpha value is -2.21. The van der Waals surface area contributed by atoms with Gasteiger partial charge in [0, 0.05) is 12.8 Å². The maximum absolute atomic E-state index is 12.3. The van der Waals surface area contributed by atoms with E-state index in [2.05, 4.69) is 21.3 Å². The van der Waals surface area contributed by atoms with Crippen LogP contribution in [0.15, 0.2) is 18.2 Å². The number of hydrogen-bond donors (Lipinski definition) is 1. The van der Waals surface area contributed by atoms with Gasteiger partial charge in [0.05, 0.1) is 11.3 Å². The molecule has 0 aromatic heterocycles. The van der Waals surface area contributed by atoms with E-state index in [1.165, 1.54) is 13.0 Å². The number of halogens is 3. The third kappa shape index (κ3) is 5.49. The van der Waals surface area contributed by atoms with Crippen LogP contribution in [0.2, 0.25) is 0 Å². The quantitative estimate of drug-likeness (QED) is 0.517. The summed E-state index contributed by atoms with van der Waals surface area (Å²) in [5.41, 5.74) is -5.15. The maximum Gasteiger partial charge on any atom is 0.534 e. The number of rotatable bonds is 3. The molecule has 0 aliphatic heterocycles. The first-order chi connectivity index (χ1) is 10.4. The molecule has 0 spiro atoms. The third-order valence-corrected chi connectivity index (χ3v) is 3.27. The highest BCUT2D eigenvalue weighted by Crippen LogP contribution is 2.29. The van der Waals surface area contributed by atoms with Crippen molar-refractivity contribution in [2.24, 2.45) is 5.92 Å². The monoisotopic (exact) mass is 349 g/mol. The zero-order valence-corrected chi connectivity index (χ0v) is 13.3. The van der Waals surface area contributed by atoms with Gasteiger partial charge in [0.15, 0.2) is 0 Å². The summed E-state index contributed by atoms with van der Waals surface area (Å²) in [6.45, 7) is 4.83. The van der Waals surface area contributed by atoms with E-state index in [-0.39, 0.29) is 17.2 Å². The maximum atomic E-state index is 12.3. The molecule has 1 amide bonds. The topological polar surface area (TPSA) is 72.5 Å². The molecule has 0 radical (unpaired) electrons. The summed E-state index contributed by atoms with van der Waals surface area (Å²) in [4.78, 5) is 11.1. The fraction of sp³-hybridized carbons (Fsp3) is 0.357. The summed E-state index contributed by atoms with van der Waals surface area (Å²) in [7, 11) is -5.77. The van der Waals surface area contributed by atoms with E-state index < -0.39 is 27.3 Å². The minimum absolute atomic E-state index is 0.0383. The Morgan fingerprint density at radius 1 is 1.30 bits per heavy atom. The van der Waals surface area contributed by atoms with Gasteiger partial charge in [0.25, 0.3) is 0 Å². The lowest BCUT2D eigenvalue weighted by atomic mass is 10.1. The lowest BCUT2D eigenvalue weighted by Gasteiger charge is -2.11. The molecule has 0 saturated heterocycles. The molecular formula is C14H14F3NO4S. The van der Waals surface area contributed by atoms with Crippen LogP contribution in [0.5, 0.6) is 5.75 Å². The largest absolute Gasteiger partial charge is 0.534 e. The number of alkyl halides is 3. The summed E-state index contributed by atoms with van der Waals surface area (Å²) in [6, 6.07) is 3.23. The predicted molar refractivity (Wildman–Crippen MR) is 78.1 cm³/mol. The van der Waals surface area contributed by atoms with Crippen molar-refractivity contribution < 1.29 is 30.6 Å². The van der Waals surface area contributed by atoms with E-state index in [1.54, 1.807) is 13.8 Å². The molecule has 1 rings (SSSR count). The highest BCUT2D eigenvalue weighted by atomic mass is 32.2. The molecule has 5 nitrogen and oxygen atoms in total. The number of carbonyl (C=O) groups is 1.